The summed E-state index contributed by atoms with van der Waals surface area (Å²) >= 11 is 6.04. The average molecular weight is 395 g/mol. The zero-order valence-electron chi connectivity index (χ0n) is 15.3. The first kappa shape index (κ1) is 20.4. The Labute approximate surface area is 160 Å². The molecular formula is C19H23ClN2O3S. The van der Waals surface area contributed by atoms with E-state index in [4.69, 9.17) is 11.6 Å². The van der Waals surface area contributed by atoms with Gasteiger partial charge in [0.15, 0.2) is 0 Å². The van der Waals surface area contributed by atoms with E-state index in [0.29, 0.717) is 6.42 Å². The number of nitrogens with zero attached hydrogens (tertiary/aromatic N) is 1. The Morgan fingerprint density at radius 1 is 1.15 bits per heavy atom. The lowest BCUT2D eigenvalue weighted by molar-refractivity contribution is 0.0935. The van der Waals surface area contributed by atoms with Gasteiger partial charge in [0.05, 0.1) is 11.1 Å². The minimum absolute atomic E-state index is 0.0831. The van der Waals surface area contributed by atoms with Gasteiger partial charge in [0.25, 0.3) is 5.91 Å². The van der Waals surface area contributed by atoms with Crippen molar-refractivity contribution in [1.82, 2.24) is 9.62 Å². The molecule has 5 nitrogen and oxygen atoms in total. The van der Waals surface area contributed by atoms with Crippen LogP contribution in [-0.2, 0) is 10.0 Å². The molecule has 7 heteroatoms. The molecule has 2 aromatic carbocycles. The lowest BCUT2D eigenvalue weighted by Gasteiger charge is -2.19. The molecule has 0 aliphatic carbocycles. The summed E-state index contributed by atoms with van der Waals surface area (Å²) in [6.45, 7) is 3.98. The van der Waals surface area contributed by atoms with Crippen molar-refractivity contribution in [3.63, 3.8) is 0 Å². The number of hydrogen-bond donors (Lipinski definition) is 1. The van der Waals surface area contributed by atoms with Crippen LogP contribution in [0.5, 0.6) is 0 Å². The predicted octanol–water partition coefficient (Wildman–Crippen LogP) is 3.78. The van der Waals surface area contributed by atoms with Crippen molar-refractivity contribution in [2.45, 2.75) is 31.2 Å². The molecular weight excluding hydrogens is 372 g/mol. The highest BCUT2D eigenvalue weighted by Gasteiger charge is 2.23. The smallest absolute Gasteiger partial charge is 0.251 e. The van der Waals surface area contributed by atoms with Crippen LogP contribution in [0.4, 0.5) is 0 Å². The minimum atomic E-state index is -3.73. The van der Waals surface area contributed by atoms with E-state index in [0.717, 1.165) is 15.4 Å². The molecule has 1 N–H and O–H groups in total. The van der Waals surface area contributed by atoms with Crippen molar-refractivity contribution in [2.24, 2.45) is 0 Å². The van der Waals surface area contributed by atoms with Crippen LogP contribution in [0.1, 0.15) is 40.9 Å². The number of carbonyl (C=O) groups is 1. The van der Waals surface area contributed by atoms with E-state index < -0.39 is 10.0 Å². The summed E-state index contributed by atoms with van der Waals surface area (Å²) < 4.78 is 25.8. The Bertz CT molecular complexity index is 894. The van der Waals surface area contributed by atoms with E-state index in [9.17, 15) is 13.2 Å². The normalized spacial score (nSPS) is 12.8. The summed E-state index contributed by atoms with van der Waals surface area (Å²) in [6.07, 6.45) is 0.714. The second-order valence-electron chi connectivity index (χ2n) is 6.28. The number of amides is 1. The first-order valence-electron chi connectivity index (χ1n) is 8.26. The quantitative estimate of drug-likeness (QED) is 0.810. The third-order valence-electron chi connectivity index (χ3n) is 4.15. The molecule has 2 rings (SSSR count). The molecule has 140 valence electrons. The van der Waals surface area contributed by atoms with Crippen molar-refractivity contribution in [2.75, 3.05) is 14.1 Å². The highest BCUT2D eigenvalue weighted by Crippen LogP contribution is 2.25. The lowest BCUT2D eigenvalue weighted by Crippen LogP contribution is -2.29. The molecule has 0 bridgehead atoms. The van der Waals surface area contributed by atoms with Gasteiger partial charge in [0.1, 0.15) is 4.90 Å². The summed E-state index contributed by atoms with van der Waals surface area (Å²) in [5.41, 5.74) is 2.40. The fraction of sp³-hybridized carbons (Fsp3) is 0.316. The Kier molecular flexibility index (Phi) is 6.44. The monoisotopic (exact) mass is 394 g/mol. The molecule has 0 saturated carbocycles. The van der Waals surface area contributed by atoms with Crippen molar-refractivity contribution < 1.29 is 13.2 Å². The second kappa shape index (κ2) is 8.20. The van der Waals surface area contributed by atoms with Crippen molar-refractivity contribution in [3.05, 3.63) is 64.2 Å². The molecule has 0 aliphatic heterocycles. The van der Waals surface area contributed by atoms with Crippen LogP contribution < -0.4 is 5.32 Å². The van der Waals surface area contributed by atoms with Crippen LogP contribution >= 0.6 is 11.6 Å². The maximum atomic E-state index is 12.7. The van der Waals surface area contributed by atoms with Crippen molar-refractivity contribution >= 4 is 27.5 Å². The third kappa shape index (κ3) is 4.44. The fourth-order valence-corrected chi connectivity index (χ4v) is 3.89. The molecule has 0 aromatic heterocycles. The molecule has 0 spiro atoms. The van der Waals surface area contributed by atoms with E-state index in [1.165, 1.54) is 32.3 Å². The van der Waals surface area contributed by atoms with Gasteiger partial charge in [-0.2, -0.15) is 0 Å². The molecule has 0 fully saturated rings. The topological polar surface area (TPSA) is 66.5 Å². The number of rotatable bonds is 6. The molecule has 1 atom stereocenters. The molecule has 26 heavy (non-hydrogen) atoms. The van der Waals surface area contributed by atoms with E-state index >= 15 is 0 Å². The largest absolute Gasteiger partial charge is 0.345 e. The molecule has 2 aromatic rings. The summed E-state index contributed by atoms with van der Waals surface area (Å²) in [5.74, 6) is -0.343. The number of nitrogens with one attached hydrogen (secondary N) is 1. The first-order valence-corrected chi connectivity index (χ1v) is 10.1. The van der Waals surface area contributed by atoms with Crippen LogP contribution in [0.15, 0.2) is 47.4 Å². The minimum Gasteiger partial charge on any atom is -0.345 e. The number of sulfonamides is 1. The van der Waals surface area contributed by atoms with E-state index in [1.807, 2.05) is 38.1 Å². The van der Waals surface area contributed by atoms with Crippen LogP contribution in [0.2, 0.25) is 5.02 Å². The van der Waals surface area contributed by atoms with Gasteiger partial charge in [-0.15, -0.1) is 0 Å². The zero-order valence-corrected chi connectivity index (χ0v) is 16.9. The molecule has 0 aliphatic rings. The fourth-order valence-electron chi connectivity index (χ4n) is 2.50. The number of hydrogen-bond acceptors (Lipinski definition) is 3. The number of benzene rings is 2. The first-order chi connectivity index (χ1) is 12.2. The molecule has 0 saturated heterocycles. The highest BCUT2D eigenvalue weighted by molar-refractivity contribution is 7.89. The second-order valence-corrected chi connectivity index (χ2v) is 8.81. The number of aryl methyl sites for hydroxylation is 1. The van der Waals surface area contributed by atoms with Gasteiger partial charge in [-0.05, 0) is 37.1 Å². The zero-order chi connectivity index (χ0) is 19.5. The van der Waals surface area contributed by atoms with Gasteiger partial charge in [0, 0.05) is 19.7 Å². The maximum absolute atomic E-state index is 12.7. The van der Waals surface area contributed by atoms with Crippen molar-refractivity contribution in [3.8, 4) is 0 Å². The Hall–Kier alpha value is -1.89. The Morgan fingerprint density at radius 3 is 2.31 bits per heavy atom. The predicted molar refractivity (Wildman–Crippen MR) is 104 cm³/mol. The summed E-state index contributed by atoms with van der Waals surface area (Å²) in [4.78, 5) is 12.6. The van der Waals surface area contributed by atoms with E-state index in [-0.39, 0.29) is 27.4 Å². The number of halogens is 1. The van der Waals surface area contributed by atoms with E-state index in [1.54, 1.807) is 0 Å². The maximum Gasteiger partial charge on any atom is 0.251 e. The summed E-state index contributed by atoms with van der Waals surface area (Å²) in [5, 5.41) is 3.04. The van der Waals surface area contributed by atoms with Crippen LogP contribution in [-0.4, -0.2) is 32.7 Å². The van der Waals surface area contributed by atoms with Gasteiger partial charge in [0.2, 0.25) is 10.0 Å². The SMILES string of the molecule is CCC(NC(=O)c1ccc(Cl)c(S(=O)(=O)N(C)C)c1)c1ccc(C)cc1. The summed E-state index contributed by atoms with van der Waals surface area (Å²) in [7, 11) is -0.894. The van der Waals surface area contributed by atoms with Crippen LogP contribution in [0, 0.1) is 6.92 Å². The Morgan fingerprint density at radius 2 is 1.77 bits per heavy atom. The number of carbonyl (C=O) groups excluding carboxylic acids is 1. The molecule has 0 radical (unpaired) electrons. The summed E-state index contributed by atoms with van der Waals surface area (Å²) in [6, 6.07) is 12.1. The third-order valence-corrected chi connectivity index (χ3v) is 6.44. The molecule has 1 unspecified atom stereocenters. The van der Waals surface area contributed by atoms with Gasteiger partial charge in [-0.1, -0.05) is 48.4 Å². The van der Waals surface area contributed by atoms with Gasteiger partial charge in [-0.3, -0.25) is 4.79 Å². The van der Waals surface area contributed by atoms with Crippen LogP contribution in [0.25, 0.3) is 0 Å². The lowest BCUT2D eigenvalue weighted by atomic mass is 10.0. The molecule has 0 heterocycles. The van der Waals surface area contributed by atoms with Gasteiger partial charge >= 0.3 is 0 Å². The van der Waals surface area contributed by atoms with E-state index in [2.05, 4.69) is 5.32 Å². The van der Waals surface area contributed by atoms with Crippen LogP contribution in [0.3, 0.4) is 0 Å². The van der Waals surface area contributed by atoms with Crippen molar-refractivity contribution in [1.29, 1.82) is 0 Å². The Balaban J connectivity index is 2.30. The van der Waals surface area contributed by atoms with Gasteiger partial charge < -0.3 is 5.32 Å². The molecule has 1 amide bonds. The standard InChI is InChI=1S/C19H23ClN2O3S/c1-5-17(14-8-6-13(2)7-9-14)21-19(23)15-10-11-16(20)18(12-15)26(24,25)22(3)4/h6-12,17H,5H2,1-4H3,(H,21,23). The highest BCUT2D eigenvalue weighted by atomic mass is 35.5. The van der Waals surface area contributed by atoms with Gasteiger partial charge in [-0.25, -0.2) is 12.7 Å². The average Bonchev–Trinajstić information content (AvgIpc) is 2.60.